The first-order valence-electron chi connectivity index (χ1n) is 7.58. The minimum absolute atomic E-state index is 0. The fourth-order valence-corrected chi connectivity index (χ4v) is 3.45. The molecule has 2 atom stereocenters. The molecule has 21 heavy (non-hydrogen) atoms. The number of ether oxygens (including phenoxy) is 2. The Balaban J connectivity index is 0.00000220. The molecule has 1 saturated heterocycles. The van der Waals surface area contributed by atoms with Crippen LogP contribution in [0, 0.1) is 5.41 Å². The van der Waals surface area contributed by atoms with Crippen molar-refractivity contribution in [3.8, 4) is 0 Å². The summed E-state index contributed by atoms with van der Waals surface area (Å²) in [6, 6.07) is 0.204. The Kier molecular flexibility index (Phi) is 6.07. The smallest absolute Gasteiger partial charge is 0.242 e. The molecule has 1 saturated carbocycles. The molecule has 2 N–H and O–H groups in total. The standard InChI is InChI=1S/C15H28N2O3.ClH/c1-5-20-12-10-11(14(12,2)3)17(4)13(18)15(16)6-8-19-9-7-15;/h11-12H,5-10,16H2,1-4H3;1H. The largest absolute Gasteiger partial charge is 0.381 e. The normalized spacial score (nSPS) is 30.0. The molecular weight excluding hydrogens is 292 g/mol. The molecule has 0 radical (unpaired) electrons. The van der Waals surface area contributed by atoms with Crippen LogP contribution in [-0.2, 0) is 14.3 Å². The van der Waals surface area contributed by atoms with Gasteiger partial charge in [0.15, 0.2) is 0 Å². The minimum atomic E-state index is -0.750. The van der Waals surface area contributed by atoms with E-state index in [1.807, 2.05) is 18.9 Å². The maximum Gasteiger partial charge on any atom is 0.242 e. The van der Waals surface area contributed by atoms with Gasteiger partial charge in [0, 0.05) is 38.3 Å². The van der Waals surface area contributed by atoms with E-state index < -0.39 is 5.54 Å². The SMILES string of the molecule is CCOC1CC(N(C)C(=O)C2(N)CCOCC2)C1(C)C.Cl. The zero-order valence-electron chi connectivity index (χ0n) is 13.6. The Bertz CT molecular complexity index is 370. The highest BCUT2D eigenvalue weighted by atomic mass is 35.5. The van der Waals surface area contributed by atoms with E-state index in [0.29, 0.717) is 26.1 Å². The van der Waals surface area contributed by atoms with Crippen molar-refractivity contribution in [2.75, 3.05) is 26.9 Å². The van der Waals surface area contributed by atoms with Gasteiger partial charge in [0.25, 0.3) is 0 Å². The summed E-state index contributed by atoms with van der Waals surface area (Å²) >= 11 is 0. The van der Waals surface area contributed by atoms with Crippen molar-refractivity contribution in [1.82, 2.24) is 4.90 Å². The van der Waals surface area contributed by atoms with Crippen LogP contribution in [-0.4, -0.2) is 55.4 Å². The Morgan fingerprint density at radius 2 is 1.95 bits per heavy atom. The highest BCUT2D eigenvalue weighted by Crippen LogP contribution is 2.46. The lowest BCUT2D eigenvalue weighted by atomic mass is 9.63. The molecule has 2 fully saturated rings. The van der Waals surface area contributed by atoms with E-state index in [0.717, 1.165) is 13.0 Å². The van der Waals surface area contributed by atoms with Crippen molar-refractivity contribution >= 4 is 18.3 Å². The van der Waals surface area contributed by atoms with Crippen molar-refractivity contribution in [2.24, 2.45) is 11.1 Å². The zero-order chi connectivity index (χ0) is 15.0. The summed E-state index contributed by atoms with van der Waals surface area (Å²) in [4.78, 5) is 14.6. The predicted molar refractivity (Wildman–Crippen MR) is 84.6 cm³/mol. The van der Waals surface area contributed by atoms with E-state index in [-0.39, 0.29) is 35.9 Å². The molecule has 6 heteroatoms. The summed E-state index contributed by atoms with van der Waals surface area (Å²) < 4.78 is 11.0. The third-order valence-corrected chi connectivity index (χ3v) is 5.09. The molecule has 1 aliphatic carbocycles. The summed E-state index contributed by atoms with van der Waals surface area (Å²) in [6.07, 6.45) is 2.35. The number of carbonyl (C=O) groups is 1. The molecule has 0 bridgehead atoms. The number of hydrogen-bond acceptors (Lipinski definition) is 4. The van der Waals surface area contributed by atoms with Gasteiger partial charge < -0.3 is 20.1 Å². The van der Waals surface area contributed by atoms with Crippen LogP contribution in [0.3, 0.4) is 0 Å². The molecule has 124 valence electrons. The van der Waals surface area contributed by atoms with E-state index in [4.69, 9.17) is 15.2 Å². The van der Waals surface area contributed by atoms with Gasteiger partial charge in [0.2, 0.25) is 5.91 Å². The molecule has 1 heterocycles. The number of halogens is 1. The van der Waals surface area contributed by atoms with E-state index in [2.05, 4.69) is 13.8 Å². The summed E-state index contributed by atoms with van der Waals surface area (Å²) in [5.74, 6) is 0.0498. The second-order valence-electron chi connectivity index (χ2n) is 6.70. The van der Waals surface area contributed by atoms with Gasteiger partial charge in [-0.3, -0.25) is 4.79 Å². The third-order valence-electron chi connectivity index (χ3n) is 5.09. The predicted octanol–water partition coefficient (Wildman–Crippen LogP) is 1.58. The summed E-state index contributed by atoms with van der Waals surface area (Å²) in [6.45, 7) is 8.21. The van der Waals surface area contributed by atoms with E-state index in [9.17, 15) is 4.79 Å². The van der Waals surface area contributed by atoms with Crippen LogP contribution in [0.1, 0.15) is 40.0 Å². The molecule has 5 nitrogen and oxygen atoms in total. The van der Waals surface area contributed by atoms with Crippen molar-refractivity contribution in [3.63, 3.8) is 0 Å². The van der Waals surface area contributed by atoms with Crippen LogP contribution in [0.5, 0.6) is 0 Å². The maximum absolute atomic E-state index is 12.7. The lowest BCUT2D eigenvalue weighted by Gasteiger charge is -2.56. The third kappa shape index (κ3) is 3.36. The molecule has 1 amide bonds. The number of nitrogens with zero attached hydrogens (tertiary/aromatic N) is 1. The lowest BCUT2D eigenvalue weighted by molar-refractivity contribution is -0.169. The minimum Gasteiger partial charge on any atom is -0.381 e. The van der Waals surface area contributed by atoms with Gasteiger partial charge in [-0.15, -0.1) is 12.4 Å². The van der Waals surface area contributed by atoms with Crippen LogP contribution in [0.4, 0.5) is 0 Å². The van der Waals surface area contributed by atoms with Gasteiger partial charge in [-0.25, -0.2) is 0 Å². The van der Waals surface area contributed by atoms with Crippen LogP contribution >= 0.6 is 12.4 Å². The Hall–Kier alpha value is -0.360. The Morgan fingerprint density at radius 3 is 2.43 bits per heavy atom. The van der Waals surface area contributed by atoms with Crippen LogP contribution in [0.25, 0.3) is 0 Å². The first kappa shape index (κ1) is 18.7. The Morgan fingerprint density at radius 1 is 1.38 bits per heavy atom. The second-order valence-corrected chi connectivity index (χ2v) is 6.70. The first-order valence-corrected chi connectivity index (χ1v) is 7.58. The number of likely N-dealkylation sites (N-methyl/N-ethyl adjacent to an activating group) is 1. The quantitative estimate of drug-likeness (QED) is 0.854. The number of carbonyl (C=O) groups excluding carboxylic acids is 1. The van der Waals surface area contributed by atoms with Crippen molar-refractivity contribution in [2.45, 2.75) is 57.7 Å². The fourth-order valence-electron chi connectivity index (χ4n) is 3.45. The van der Waals surface area contributed by atoms with Gasteiger partial charge >= 0.3 is 0 Å². The maximum atomic E-state index is 12.7. The number of rotatable bonds is 4. The van der Waals surface area contributed by atoms with Gasteiger partial charge in [-0.2, -0.15) is 0 Å². The van der Waals surface area contributed by atoms with Crippen LogP contribution < -0.4 is 5.73 Å². The second kappa shape index (κ2) is 6.82. The molecule has 0 aromatic carbocycles. The number of nitrogens with two attached hydrogens (primary N) is 1. The molecule has 2 rings (SSSR count). The number of hydrogen-bond donors (Lipinski definition) is 1. The molecule has 0 aromatic rings. The Labute approximate surface area is 133 Å². The van der Waals surface area contributed by atoms with Crippen molar-refractivity contribution < 1.29 is 14.3 Å². The van der Waals surface area contributed by atoms with Crippen molar-refractivity contribution in [1.29, 1.82) is 0 Å². The van der Waals surface area contributed by atoms with Crippen LogP contribution in [0.15, 0.2) is 0 Å². The zero-order valence-corrected chi connectivity index (χ0v) is 14.4. The first-order chi connectivity index (χ1) is 9.33. The summed E-state index contributed by atoms with van der Waals surface area (Å²) in [5.41, 5.74) is 5.54. The van der Waals surface area contributed by atoms with Crippen LogP contribution in [0.2, 0.25) is 0 Å². The molecule has 0 aromatic heterocycles. The molecule has 2 aliphatic rings. The molecule has 1 aliphatic heterocycles. The highest BCUT2D eigenvalue weighted by molar-refractivity contribution is 5.86. The monoisotopic (exact) mass is 320 g/mol. The fraction of sp³-hybridized carbons (Fsp3) is 0.933. The molecule has 0 spiro atoms. The van der Waals surface area contributed by atoms with Gasteiger partial charge in [0.05, 0.1) is 11.6 Å². The van der Waals surface area contributed by atoms with Crippen molar-refractivity contribution in [3.05, 3.63) is 0 Å². The topological polar surface area (TPSA) is 64.8 Å². The molecular formula is C15H29ClN2O3. The van der Waals surface area contributed by atoms with E-state index >= 15 is 0 Å². The van der Waals surface area contributed by atoms with E-state index in [1.54, 1.807) is 0 Å². The van der Waals surface area contributed by atoms with Gasteiger partial charge in [0.1, 0.15) is 0 Å². The average molecular weight is 321 g/mol. The number of amides is 1. The summed E-state index contributed by atoms with van der Waals surface area (Å²) in [7, 11) is 1.88. The molecule has 2 unspecified atom stereocenters. The average Bonchev–Trinajstić information content (AvgIpc) is 2.42. The lowest BCUT2D eigenvalue weighted by Crippen LogP contribution is -2.67. The highest BCUT2D eigenvalue weighted by Gasteiger charge is 2.53. The van der Waals surface area contributed by atoms with Gasteiger partial charge in [-0.1, -0.05) is 13.8 Å². The summed E-state index contributed by atoms with van der Waals surface area (Å²) in [5, 5.41) is 0. The van der Waals surface area contributed by atoms with Gasteiger partial charge in [-0.05, 0) is 26.2 Å². The van der Waals surface area contributed by atoms with E-state index in [1.165, 1.54) is 0 Å².